The summed E-state index contributed by atoms with van der Waals surface area (Å²) in [5.41, 5.74) is 0. The summed E-state index contributed by atoms with van der Waals surface area (Å²) < 4.78 is 0. The van der Waals surface area contributed by atoms with Gasteiger partial charge in [-0.15, -0.1) is 0 Å². The minimum Gasteiger partial charge on any atom is -0.322 e. The van der Waals surface area contributed by atoms with Crippen molar-refractivity contribution in [3.05, 3.63) is 0 Å². The SMILES string of the molecule is CCCC1NC(C(C)CC)C(=O)N1C(C)CN1CCCC1. The average molecular weight is 295 g/mol. The van der Waals surface area contributed by atoms with Crippen LogP contribution in [0.2, 0.25) is 0 Å². The van der Waals surface area contributed by atoms with Crippen LogP contribution >= 0.6 is 0 Å². The number of hydrogen-bond acceptors (Lipinski definition) is 3. The van der Waals surface area contributed by atoms with E-state index in [2.05, 4.69) is 42.8 Å². The summed E-state index contributed by atoms with van der Waals surface area (Å²) in [5, 5.41) is 3.61. The highest BCUT2D eigenvalue weighted by atomic mass is 16.2. The van der Waals surface area contributed by atoms with E-state index in [-0.39, 0.29) is 12.2 Å². The summed E-state index contributed by atoms with van der Waals surface area (Å²) in [6.07, 6.45) is 6.09. The molecule has 2 saturated heterocycles. The highest BCUT2D eigenvalue weighted by molar-refractivity contribution is 5.85. The molecule has 1 amide bonds. The lowest BCUT2D eigenvalue weighted by Crippen LogP contribution is -2.48. The first-order valence-electron chi connectivity index (χ1n) is 8.89. The van der Waals surface area contributed by atoms with Crippen LogP contribution in [-0.4, -0.2) is 53.6 Å². The molecule has 2 aliphatic heterocycles. The lowest BCUT2D eigenvalue weighted by Gasteiger charge is -2.33. The van der Waals surface area contributed by atoms with Crippen LogP contribution in [0.5, 0.6) is 0 Å². The third-order valence-electron chi connectivity index (χ3n) is 5.20. The minimum absolute atomic E-state index is 0.0209. The smallest absolute Gasteiger partial charge is 0.241 e. The summed E-state index contributed by atoms with van der Waals surface area (Å²) in [6, 6.07) is 0.335. The Morgan fingerprint density at radius 2 is 1.90 bits per heavy atom. The van der Waals surface area contributed by atoms with Crippen molar-refractivity contribution in [2.24, 2.45) is 5.92 Å². The number of carbonyl (C=O) groups is 1. The number of hydrogen-bond donors (Lipinski definition) is 1. The Morgan fingerprint density at radius 1 is 1.24 bits per heavy atom. The van der Waals surface area contributed by atoms with E-state index in [1.54, 1.807) is 0 Å². The molecule has 2 heterocycles. The molecule has 0 radical (unpaired) electrons. The molecule has 21 heavy (non-hydrogen) atoms. The topological polar surface area (TPSA) is 35.6 Å². The first-order valence-corrected chi connectivity index (χ1v) is 8.89. The second-order valence-corrected chi connectivity index (χ2v) is 6.94. The van der Waals surface area contributed by atoms with Crippen molar-refractivity contribution in [2.45, 2.75) is 78.0 Å². The van der Waals surface area contributed by atoms with Crippen LogP contribution in [0, 0.1) is 5.92 Å². The van der Waals surface area contributed by atoms with Gasteiger partial charge in [0.2, 0.25) is 5.91 Å². The highest BCUT2D eigenvalue weighted by Gasteiger charge is 2.42. The predicted octanol–water partition coefficient (Wildman–Crippen LogP) is 2.44. The molecule has 4 heteroatoms. The lowest BCUT2D eigenvalue weighted by atomic mass is 9.99. The lowest BCUT2D eigenvalue weighted by molar-refractivity contribution is -0.133. The van der Waals surface area contributed by atoms with Gasteiger partial charge in [0.25, 0.3) is 0 Å². The van der Waals surface area contributed by atoms with Gasteiger partial charge < -0.3 is 9.80 Å². The molecule has 2 rings (SSSR count). The van der Waals surface area contributed by atoms with Gasteiger partial charge >= 0.3 is 0 Å². The summed E-state index contributed by atoms with van der Waals surface area (Å²) in [7, 11) is 0. The van der Waals surface area contributed by atoms with Gasteiger partial charge in [0.05, 0.1) is 12.2 Å². The summed E-state index contributed by atoms with van der Waals surface area (Å²) in [5.74, 6) is 0.746. The van der Waals surface area contributed by atoms with Gasteiger partial charge in [-0.2, -0.15) is 0 Å². The molecule has 0 bridgehead atoms. The molecule has 1 N–H and O–H groups in total. The number of likely N-dealkylation sites (tertiary alicyclic amines) is 1. The summed E-state index contributed by atoms with van der Waals surface area (Å²) >= 11 is 0. The molecule has 4 atom stereocenters. The van der Waals surface area contributed by atoms with Gasteiger partial charge in [0, 0.05) is 12.6 Å². The van der Waals surface area contributed by atoms with E-state index in [9.17, 15) is 4.79 Å². The summed E-state index contributed by atoms with van der Waals surface area (Å²) in [4.78, 5) is 17.5. The molecule has 0 spiro atoms. The number of nitrogens with zero attached hydrogens (tertiary/aromatic N) is 2. The number of nitrogens with one attached hydrogen (secondary N) is 1. The Kier molecular flexibility index (Phi) is 6.06. The second kappa shape index (κ2) is 7.59. The Balaban J connectivity index is 2.03. The third-order valence-corrected chi connectivity index (χ3v) is 5.20. The standard InChI is InChI=1S/C17H33N3O/c1-5-9-15-18-16(13(3)6-2)17(21)20(15)14(4)12-19-10-7-8-11-19/h13-16,18H,5-12H2,1-4H3. The van der Waals surface area contributed by atoms with Gasteiger partial charge in [-0.05, 0) is 45.2 Å². The maximum atomic E-state index is 12.9. The first kappa shape index (κ1) is 16.8. The second-order valence-electron chi connectivity index (χ2n) is 6.94. The number of rotatable bonds is 7. The monoisotopic (exact) mass is 295 g/mol. The van der Waals surface area contributed by atoms with Crippen LogP contribution in [0.1, 0.15) is 59.8 Å². The minimum atomic E-state index is 0.0209. The fourth-order valence-electron chi connectivity index (χ4n) is 3.76. The number of amides is 1. The molecule has 0 aliphatic carbocycles. The van der Waals surface area contributed by atoms with Crippen molar-refractivity contribution >= 4 is 5.91 Å². The van der Waals surface area contributed by atoms with Crippen LogP contribution in [0.3, 0.4) is 0 Å². The molecule has 4 nitrogen and oxygen atoms in total. The van der Waals surface area contributed by atoms with Crippen molar-refractivity contribution in [3.8, 4) is 0 Å². The zero-order valence-corrected chi connectivity index (χ0v) is 14.3. The third kappa shape index (κ3) is 3.78. The maximum Gasteiger partial charge on any atom is 0.241 e. The van der Waals surface area contributed by atoms with E-state index in [4.69, 9.17) is 0 Å². The largest absolute Gasteiger partial charge is 0.322 e. The molecule has 122 valence electrons. The van der Waals surface area contributed by atoms with Gasteiger partial charge in [0.1, 0.15) is 0 Å². The van der Waals surface area contributed by atoms with Gasteiger partial charge in [-0.25, -0.2) is 0 Å². The molecule has 4 unspecified atom stereocenters. The van der Waals surface area contributed by atoms with E-state index >= 15 is 0 Å². The van der Waals surface area contributed by atoms with Crippen molar-refractivity contribution in [3.63, 3.8) is 0 Å². The predicted molar refractivity (Wildman–Crippen MR) is 87.1 cm³/mol. The quantitative estimate of drug-likeness (QED) is 0.783. The van der Waals surface area contributed by atoms with Crippen LogP contribution in [-0.2, 0) is 4.79 Å². The molecular weight excluding hydrogens is 262 g/mol. The molecule has 0 aromatic rings. The van der Waals surface area contributed by atoms with Crippen LogP contribution < -0.4 is 5.32 Å². The Bertz CT molecular complexity index is 341. The molecular formula is C17H33N3O. The van der Waals surface area contributed by atoms with E-state index in [0.29, 0.717) is 17.9 Å². The van der Waals surface area contributed by atoms with Crippen molar-refractivity contribution in [1.29, 1.82) is 0 Å². The molecule has 0 saturated carbocycles. The van der Waals surface area contributed by atoms with Gasteiger partial charge in [-0.3, -0.25) is 10.1 Å². The average Bonchev–Trinajstić information content (AvgIpc) is 3.06. The van der Waals surface area contributed by atoms with Gasteiger partial charge in [0.15, 0.2) is 0 Å². The zero-order valence-electron chi connectivity index (χ0n) is 14.3. The Labute approximate surface area is 130 Å². The first-order chi connectivity index (χ1) is 10.1. The van der Waals surface area contributed by atoms with Gasteiger partial charge in [-0.1, -0.05) is 33.6 Å². The fraction of sp³-hybridized carbons (Fsp3) is 0.941. The summed E-state index contributed by atoms with van der Waals surface area (Å²) in [6.45, 7) is 12.2. The van der Waals surface area contributed by atoms with Crippen molar-refractivity contribution < 1.29 is 4.79 Å². The maximum absolute atomic E-state index is 12.9. The van der Waals surface area contributed by atoms with E-state index < -0.39 is 0 Å². The molecule has 0 aromatic heterocycles. The fourth-order valence-corrected chi connectivity index (χ4v) is 3.76. The Hall–Kier alpha value is -0.610. The zero-order chi connectivity index (χ0) is 15.4. The number of carbonyl (C=O) groups excluding carboxylic acids is 1. The van der Waals surface area contributed by atoms with E-state index in [0.717, 1.165) is 25.8 Å². The van der Waals surface area contributed by atoms with E-state index in [1.165, 1.54) is 25.9 Å². The van der Waals surface area contributed by atoms with Crippen molar-refractivity contribution in [2.75, 3.05) is 19.6 Å². The van der Waals surface area contributed by atoms with Crippen LogP contribution in [0.15, 0.2) is 0 Å². The highest BCUT2D eigenvalue weighted by Crippen LogP contribution is 2.24. The van der Waals surface area contributed by atoms with Crippen LogP contribution in [0.25, 0.3) is 0 Å². The molecule has 0 aromatic carbocycles. The molecule has 2 aliphatic rings. The van der Waals surface area contributed by atoms with Crippen molar-refractivity contribution in [1.82, 2.24) is 15.1 Å². The van der Waals surface area contributed by atoms with Crippen LogP contribution in [0.4, 0.5) is 0 Å². The molecule has 2 fully saturated rings. The normalized spacial score (nSPS) is 30.1. The Morgan fingerprint density at radius 3 is 2.48 bits per heavy atom. The van der Waals surface area contributed by atoms with E-state index in [1.807, 2.05) is 0 Å².